The number of thiazole rings is 1. The normalized spacial score (nSPS) is 10.9. The van der Waals surface area contributed by atoms with Gasteiger partial charge in [-0.05, 0) is 31.5 Å². The molecule has 0 aliphatic carbocycles. The van der Waals surface area contributed by atoms with Crippen molar-refractivity contribution in [3.8, 4) is 0 Å². The molecule has 0 fully saturated rings. The van der Waals surface area contributed by atoms with Crippen molar-refractivity contribution >= 4 is 33.2 Å². The SMILES string of the molecule is Cc1nc2cc(Cl)c(C)cc2s1. The van der Waals surface area contributed by atoms with E-state index in [2.05, 4.69) is 11.1 Å². The Labute approximate surface area is 80.0 Å². The van der Waals surface area contributed by atoms with E-state index in [-0.39, 0.29) is 0 Å². The Hall–Kier alpha value is -0.600. The number of halogens is 1. The highest BCUT2D eigenvalue weighted by Crippen LogP contribution is 2.27. The lowest BCUT2D eigenvalue weighted by Gasteiger charge is -1.94. The van der Waals surface area contributed by atoms with Crippen LogP contribution in [0, 0.1) is 13.8 Å². The Morgan fingerprint density at radius 2 is 2.08 bits per heavy atom. The van der Waals surface area contributed by atoms with Crippen molar-refractivity contribution < 1.29 is 0 Å². The van der Waals surface area contributed by atoms with Crippen LogP contribution in [0.4, 0.5) is 0 Å². The van der Waals surface area contributed by atoms with Gasteiger partial charge in [0.1, 0.15) is 0 Å². The molecule has 2 rings (SSSR count). The summed E-state index contributed by atoms with van der Waals surface area (Å²) in [6.45, 7) is 4.02. The van der Waals surface area contributed by atoms with Gasteiger partial charge in [0.2, 0.25) is 0 Å². The molecule has 0 bridgehead atoms. The largest absolute Gasteiger partial charge is 0.241 e. The summed E-state index contributed by atoms with van der Waals surface area (Å²) >= 11 is 7.67. The standard InChI is InChI=1S/C9H8ClNS/c1-5-3-9-8(4-7(5)10)11-6(2)12-9/h3-4H,1-2H3. The summed E-state index contributed by atoms with van der Waals surface area (Å²) in [5, 5.41) is 1.89. The van der Waals surface area contributed by atoms with E-state index in [4.69, 9.17) is 11.6 Å². The van der Waals surface area contributed by atoms with Gasteiger partial charge < -0.3 is 0 Å². The van der Waals surface area contributed by atoms with Crippen LogP contribution < -0.4 is 0 Å². The van der Waals surface area contributed by atoms with Crippen LogP contribution in [0.5, 0.6) is 0 Å². The Balaban J connectivity index is 2.83. The molecule has 1 aromatic heterocycles. The van der Waals surface area contributed by atoms with Gasteiger partial charge in [-0.1, -0.05) is 11.6 Å². The molecule has 12 heavy (non-hydrogen) atoms. The molecule has 0 N–H and O–H groups in total. The number of hydrogen-bond donors (Lipinski definition) is 0. The van der Waals surface area contributed by atoms with Crippen LogP contribution in [0.15, 0.2) is 12.1 Å². The first kappa shape index (κ1) is 8.02. The van der Waals surface area contributed by atoms with Gasteiger partial charge >= 0.3 is 0 Å². The molecule has 2 aromatic rings. The average molecular weight is 198 g/mol. The molecule has 0 amide bonds. The fourth-order valence-corrected chi connectivity index (χ4v) is 2.23. The Bertz CT molecular complexity index is 394. The minimum absolute atomic E-state index is 0.799. The lowest BCUT2D eigenvalue weighted by atomic mass is 10.2. The topological polar surface area (TPSA) is 12.9 Å². The molecule has 0 spiro atoms. The molecule has 0 atom stereocenters. The maximum absolute atomic E-state index is 5.96. The van der Waals surface area contributed by atoms with E-state index in [9.17, 15) is 0 Å². The number of aromatic nitrogens is 1. The van der Waals surface area contributed by atoms with Crippen LogP contribution in [0.1, 0.15) is 10.6 Å². The van der Waals surface area contributed by atoms with Crippen molar-refractivity contribution in [1.82, 2.24) is 4.98 Å². The van der Waals surface area contributed by atoms with Gasteiger partial charge in [0.25, 0.3) is 0 Å². The molecule has 0 aliphatic heterocycles. The summed E-state index contributed by atoms with van der Waals surface area (Å²) in [4.78, 5) is 4.35. The summed E-state index contributed by atoms with van der Waals surface area (Å²) < 4.78 is 1.22. The average Bonchev–Trinajstić information content (AvgIpc) is 2.30. The van der Waals surface area contributed by atoms with Gasteiger partial charge in [0, 0.05) is 5.02 Å². The van der Waals surface area contributed by atoms with E-state index in [0.717, 1.165) is 21.1 Å². The number of benzene rings is 1. The van der Waals surface area contributed by atoms with Gasteiger partial charge in [-0.2, -0.15) is 0 Å². The minimum atomic E-state index is 0.799. The second-order valence-corrected chi connectivity index (χ2v) is 4.44. The van der Waals surface area contributed by atoms with Crippen LogP contribution in [0.3, 0.4) is 0 Å². The van der Waals surface area contributed by atoms with E-state index >= 15 is 0 Å². The summed E-state index contributed by atoms with van der Waals surface area (Å²) in [7, 11) is 0. The first-order chi connectivity index (χ1) is 5.66. The monoisotopic (exact) mass is 197 g/mol. The molecule has 1 nitrogen and oxygen atoms in total. The molecule has 0 aliphatic rings. The second kappa shape index (κ2) is 2.71. The quantitative estimate of drug-likeness (QED) is 0.629. The predicted molar refractivity (Wildman–Crippen MR) is 54.1 cm³/mol. The van der Waals surface area contributed by atoms with E-state index in [1.54, 1.807) is 11.3 Å². The van der Waals surface area contributed by atoms with E-state index < -0.39 is 0 Å². The fraction of sp³-hybridized carbons (Fsp3) is 0.222. The maximum Gasteiger partial charge on any atom is 0.0907 e. The highest BCUT2D eigenvalue weighted by Gasteiger charge is 2.02. The third-order valence-corrected chi connectivity index (χ3v) is 3.12. The molecule has 1 aromatic carbocycles. The van der Waals surface area contributed by atoms with Crippen molar-refractivity contribution in [2.75, 3.05) is 0 Å². The summed E-state index contributed by atoms with van der Waals surface area (Å²) in [5.41, 5.74) is 2.13. The van der Waals surface area contributed by atoms with Crippen LogP contribution >= 0.6 is 22.9 Å². The third-order valence-electron chi connectivity index (χ3n) is 1.78. The van der Waals surface area contributed by atoms with Gasteiger partial charge in [-0.3, -0.25) is 0 Å². The van der Waals surface area contributed by atoms with Crippen molar-refractivity contribution in [3.63, 3.8) is 0 Å². The zero-order valence-corrected chi connectivity index (χ0v) is 8.46. The lowest BCUT2D eigenvalue weighted by molar-refractivity contribution is 1.34. The van der Waals surface area contributed by atoms with Crippen LogP contribution in [0.2, 0.25) is 5.02 Å². The third kappa shape index (κ3) is 1.21. The lowest BCUT2D eigenvalue weighted by Crippen LogP contribution is -1.74. The van der Waals surface area contributed by atoms with Crippen molar-refractivity contribution in [3.05, 3.63) is 27.7 Å². The fourth-order valence-electron chi connectivity index (χ4n) is 1.17. The van der Waals surface area contributed by atoms with Crippen molar-refractivity contribution in [2.24, 2.45) is 0 Å². The van der Waals surface area contributed by atoms with E-state index in [0.29, 0.717) is 0 Å². The summed E-state index contributed by atoms with van der Waals surface area (Å²) in [6, 6.07) is 4.01. The summed E-state index contributed by atoms with van der Waals surface area (Å²) in [5.74, 6) is 0. The highest BCUT2D eigenvalue weighted by molar-refractivity contribution is 7.18. The zero-order valence-electron chi connectivity index (χ0n) is 6.89. The smallest absolute Gasteiger partial charge is 0.0907 e. The van der Waals surface area contributed by atoms with Crippen molar-refractivity contribution in [1.29, 1.82) is 0 Å². The van der Waals surface area contributed by atoms with E-state index in [1.165, 1.54) is 4.70 Å². The van der Waals surface area contributed by atoms with Gasteiger partial charge in [-0.15, -0.1) is 11.3 Å². The molecular formula is C9H8ClNS. The Morgan fingerprint density at radius 1 is 1.33 bits per heavy atom. The first-order valence-corrected chi connectivity index (χ1v) is 4.89. The van der Waals surface area contributed by atoms with Gasteiger partial charge in [-0.25, -0.2) is 4.98 Å². The number of hydrogen-bond acceptors (Lipinski definition) is 2. The number of rotatable bonds is 0. The number of nitrogens with zero attached hydrogens (tertiary/aromatic N) is 1. The van der Waals surface area contributed by atoms with Crippen molar-refractivity contribution in [2.45, 2.75) is 13.8 Å². The number of fused-ring (bicyclic) bond motifs is 1. The molecule has 3 heteroatoms. The van der Waals surface area contributed by atoms with Gasteiger partial charge in [0.05, 0.1) is 15.2 Å². The molecule has 0 saturated carbocycles. The zero-order chi connectivity index (χ0) is 8.72. The molecular weight excluding hydrogens is 190 g/mol. The van der Waals surface area contributed by atoms with E-state index in [1.807, 2.05) is 19.9 Å². The maximum atomic E-state index is 5.96. The Morgan fingerprint density at radius 3 is 2.83 bits per heavy atom. The Kier molecular flexibility index (Phi) is 1.81. The first-order valence-electron chi connectivity index (χ1n) is 3.70. The molecule has 0 radical (unpaired) electrons. The molecule has 1 heterocycles. The highest BCUT2D eigenvalue weighted by atomic mass is 35.5. The molecule has 0 saturated heterocycles. The number of aryl methyl sites for hydroxylation is 2. The van der Waals surface area contributed by atoms with Crippen LogP contribution in [0.25, 0.3) is 10.2 Å². The minimum Gasteiger partial charge on any atom is -0.241 e. The van der Waals surface area contributed by atoms with Crippen LogP contribution in [-0.2, 0) is 0 Å². The molecule has 62 valence electrons. The predicted octanol–water partition coefficient (Wildman–Crippen LogP) is 3.57. The second-order valence-electron chi connectivity index (χ2n) is 2.80. The van der Waals surface area contributed by atoms with Crippen LogP contribution in [-0.4, -0.2) is 4.98 Å². The summed E-state index contributed by atoms with van der Waals surface area (Å²) in [6.07, 6.45) is 0. The van der Waals surface area contributed by atoms with Gasteiger partial charge in [0.15, 0.2) is 0 Å². The molecule has 0 unspecified atom stereocenters.